The second-order valence-electron chi connectivity index (χ2n) is 5.33. The number of nitrogens with zero attached hydrogens (tertiary/aromatic N) is 3. The average molecular weight is 422 g/mol. The Morgan fingerprint density at radius 3 is 2.61 bits per heavy atom. The summed E-state index contributed by atoms with van der Waals surface area (Å²) in [6, 6.07) is 2.32. The number of hydrogen-bond acceptors (Lipinski definition) is 7. The SMILES string of the molecule is COc1ccc(S(=O)(=O)C(F)(F)F)cc1NC(=O)CCn1cc([N+](=O)[O-])cn1. The van der Waals surface area contributed by atoms with E-state index in [0.29, 0.717) is 12.1 Å². The Hall–Kier alpha value is -3.16. The summed E-state index contributed by atoms with van der Waals surface area (Å²) in [6.45, 7) is -0.0530. The van der Waals surface area contributed by atoms with Crippen LogP contribution in [0.2, 0.25) is 0 Å². The number of benzene rings is 1. The molecule has 0 bridgehead atoms. The van der Waals surface area contributed by atoms with Crippen molar-refractivity contribution in [2.24, 2.45) is 0 Å². The lowest BCUT2D eigenvalue weighted by molar-refractivity contribution is -0.385. The van der Waals surface area contributed by atoms with Crippen molar-refractivity contribution in [2.75, 3.05) is 12.4 Å². The fourth-order valence-corrected chi connectivity index (χ4v) is 2.87. The van der Waals surface area contributed by atoms with Gasteiger partial charge in [-0.15, -0.1) is 0 Å². The summed E-state index contributed by atoms with van der Waals surface area (Å²) in [6.07, 6.45) is 1.86. The van der Waals surface area contributed by atoms with Gasteiger partial charge in [-0.05, 0) is 18.2 Å². The summed E-state index contributed by atoms with van der Waals surface area (Å²) >= 11 is 0. The molecular formula is C14H13F3N4O6S. The second kappa shape index (κ2) is 7.84. The first-order valence-electron chi connectivity index (χ1n) is 7.42. The molecule has 2 rings (SSSR count). The minimum absolute atomic E-state index is 0.0517. The zero-order valence-electron chi connectivity index (χ0n) is 14.1. The highest BCUT2D eigenvalue weighted by Crippen LogP contribution is 2.34. The second-order valence-corrected chi connectivity index (χ2v) is 7.27. The number of aryl methyl sites for hydroxylation is 1. The van der Waals surface area contributed by atoms with Crippen LogP contribution < -0.4 is 10.1 Å². The van der Waals surface area contributed by atoms with E-state index in [-0.39, 0.29) is 30.1 Å². The molecule has 0 saturated heterocycles. The van der Waals surface area contributed by atoms with E-state index in [2.05, 4.69) is 10.4 Å². The van der Waals surface area contributed by atoms with Gasteiger partial charge in [-0.1, -0.05) is 0 Å². The number of rotatable bonds is 7. The number of sulfone groups is 1. The fraction of sp³-hybridized carbons (Fsp3) is 0.286. The van der Waals surface area contributed by atoms with Crippen LogP contribution in [0.4, 0.5) is 24.5 Å². The summed E-state index contributed by atoms with van der Waals surface area (Å²) < 4.78 is 67.2. The Morgan fingerprint density at radius 2 is 2.07 bits per heavy atom. The first-order chi connectivity index (χ1) is 13.0. The third kappa shape index (κ3) is 4.57. The number of nitrogens with one attached hydrogen (secondary N) is 1. The van der Waals surface area contributed by atoms with Gasteiger partial charge < -0.3 is 10.1 Å². The quantitative estimate of drug-likeness (QED) is 0.534. The summed E-state index contributed by atoms with van der Waals surface area (Å²) in [5, 5.41) is 16.5. The summed E-state index contributed by atoms with van der Waals surface area (Å²) in [4.78, 5) is 20.9. The predicted molar refractivity (Wildman–Crippen MR) is 88.4 cm³/mol. The van der Waals surface area contributed by atoms with Crippen LogP contribution in [0, 0.1) is 10.1 Å². The number of ether oxygens (including phenoxy) is 1. The molecule has 0 aliphatic heterocycles. The predicted octanol–water partition coefficient (Wildman–Crippen LogP) is 2.12. The number of nitro groups is 1. The average Bonchev–Trinajstić information content (AvgIpc) is 3.08. The molecule has 0 aliphatic carbocycles. The Labute approximate surface area is 156 Å². The lowest BCUT2D eigenvalue weighted by Crippen LogP contribution is -2.23. The highest BCUT2D eigenvalue weighted by atomic mass is 32.2. The minimum atomic E-state index is -5.61. The Balaban J connectivity index is 2.16. The van der Waals surface area contributed by atoms with Gasteiger partial charge in [-0.3, -0.25) is 19.6 Å². The fourth-order valence-electron chi connectivity index (χ4n) is 2.08. The first kappa shape index (κ1) is 21.1. The van der Waals surface area contributed by atoms with Gasteiger partial charge in [-0.2, -0.15) is 18.3 Å². The van der Waals surface area contributed by atoms with Crippen LogP contribution in [-0.2, 0) is 21.2 Å². The van der Waals surface area contributed by atoms with Crippen LogP contribution >= 0.6 is 0 Å². The molecule has 0 aliphatic rings. The van der Waals surface area contributed by atoms with Crippen molar-refractivity contribution in [3.05, 3.63) is 40.7 Å². The van der Waals surface area contributed by atoms with Gasteiger partial charge in [0.1, 0.15) is 18.1 Å². The van der Waals surface area contributed by atoms with E-state index in [1.807, 2.05) is 0 Å². The number of carbonyl (C=O) groups is 1. The molecule has 1 aromatic carbocycles. The van der Waals surface area contributed by atoms with Gasteiger partial charge in [0.05, 0.1) is 22.6 Å². The maximum Gasteiger partial charge on any atom is 0.501 e. The van der Waals surface area contributed by atoms with Crippen molar-refractivity contribution < 1.29 is 36.0 Å². The number of alkyl halides is 3. The van der Waals surface area contributed by atoms with Crippen molar-refractivity contribution in [1.82, 2.24) is 9.78 Å². The van der Waals surface area contributed by atoms with Gasteiger partial charge >= 0.3 is 11.2 Å². The van der Waals surface area contributed by atoms with Crippen molar-refractivity contribution >= 4 is 27.1 Å². The van der Waals surface area contributed by atoms with Crippen molar-refractivity contribution in [3.63, 3.8) is 0 Å². The molecule has 10 nitrogen and oxygen atoms in total. The van der Waals surface area contributed by atoms with Crippen molar-refractivity contribution in [2.45, 2.75) is 23.4 Å². The Bertz CT molecular complexity index is 1000. The smallest absolute Gasteiger partial charge is 0.495 e. The van der Waals surface area contributed by atoms with E-state index in [0.717, 1.165) is 23.1 Å². The molecule has 28 heavy (non-hydrogen) atoms. The topological polar surface area (TPSA) is 133 Å². The highest BCUT2D eigenvalue weighted by molar-refractivity contribution is 7.92. The molecule has 1 amide bonds. The van der Waals surface area contributed by atoms with Gasteiger partial charge in [-0.25, -0.2) is 8.42 Å². The summed E-state index contributed by atoms with van der Waals surface area (Å²) in [7, 11) is -4.42. The number of halogens is 3. The van der Waals surface area contributed by atoms with Crippen LogP contribution in [0.3, 0.4) is 0 Å². The molecule has 152 valence electrons. The Kier molecular flexibility index (Phi) is 5.92. The molecule has 0 fully saturated rings. The number of aromatic nitrogens is 2. The zero-order chi connectivity index (χ0) is 21.1. The van der Waals surface area contributed by atoms with Crippen LogP contribution in [0.1, 0.15) is 6.42 Å². The maximum absolute atomic E-state index is 12.7. The van der Waals surface area contributed by atoms with E-state index < -0.39 is 31.1 Å². The van der Waals surface area contributed by atoms with E-state index in [1.165, 1.54) is 7.11 Å². The molecule has 1 heterocycles. The van der Waals surface area contributed by atoms with Crippen LogP contribution in [0.15, 0.2) is 35.5 Å². The largest absolute Gasteiger partial charge is 0.501 e. The monoisotopic (exact) mass is 422 g/mol. The number of amides is 1. The minimum Gasteiger partial charge on any atom is -0.495 e. The zero-order valence-corrected chi connectivity index (χ0v) is 15.0. The standard InChI is InChI=1S/C14H13F3N4O6S/c1-27-12-3-2-10(28(25,26)14(15,16)17)6-11(12)19-13(22)4-5-20-8-9(7-18-20)21(23)24/h2-3,6-8H,4-5H2,1H3,(H,19,22). The molecule has 1 N–H and O–H groups in total. The molecule has 14 heteroatoms. The van der Waals surface area contributed by atoms with Crippen LogP contribution in [0.25, 0.3) is 0 Å². The van der Waals surface area contributed by atoms with E-state index >= 15 is 0 Å². The number of methoxy groups -OCH3 is 1. The van der Waals surface area contributed by atoms with Gasteiger partial charge in [0.25, 0.3) is 9.84 Å². The maximum atomic E-state index is 12.7. The highest BCUT2D eigenvalue weighted by Gasteiger charge is 2.47. The first-order valence-corrected chi connectivity index (χ1v) is 8.90. The van der Waals surface area contributed by atoms with Crippen molar-refractivity contribution in [1.29, 1.82) is 0 Å². The number of hydrogen-bond donors (Lipinski definition) is 1. The third-order valence-corrected chi connectivity index (χ3v) is 4.94. The van der Waals surface area contributed by atoms with E-state index in [1.54, 1.807) is 0 Å². The molecule has 0 radical (unpaired) electrons. The van der Waals surface area contributed by atoms with Gasteiger partial charge in [0, 0.05) is 13.0 Å². The molecule has 2 aromatic rings. The summed E-state index contributed by atoms with van der Waals surface area (Å²) in [5.74, 6) is -0.748. The van der Waals surface area contributed by atoms with Gasteiger partial charge in [0.2, 0.25) is 5.91 Å². The van der Waals surface area contributed by atoms with Crippen LogP contribution in [0.5, 0.6) is 5.75 Å². The molecule has 0 unspecified atom stereocenters. The normalized spacial score (nSPS) is 11.9. The van der Waals surface area contributed by atoms with E-state index in [4.69, 9.17) is 4.74 Å². The molecule has 1 aromatic heterocycles. The number of carbonyl (C=O) groups excluding carboxylic acids is 1. The van der Waals surface area contributed by atoms with Crippen LogP contribution in [-0.4, -0.2) is 41.6 Å². The molecular weight excluding hydrogens is 409 g/mol. The number of anilines is 1. The Morgan fingerprint density at radius 1 is 1.39 bits per heavy atom. The lowest BCUT2D eigenvalue weighted by Gasteiger charge is -2.13. The van der Waals surface area contributed by atoms with Gasteiger partial charge in [0.15, 0.2) is 0 Å². The third-order valence-electron chi connectivity index (χ3n) is 3.46. The summed E-state index contributed by atoms with van der Waals surface area (Å²) in [5.41, 5.74) is -6.05. The molecule has 0 spiro atoms. The van der Waals surface area contributed by atoms with Crippen molar-refractivity contribution in [3.8, 4) is 5.75 Å². The lowest BCUT2D eigenvalue weighted by atomic mass is 10.2. The van der Waals surface area contributed by atoms with E-state index in [9.17, 15) is 36.5 Å². The molecule has 0 atom stereocenters. The molecule has 0 saturated carbocycles.